The van der Waals surface area contributed by atoms with Gasteiger partial charge in [0.15, 0.2) is 19.5 Å². The van der Waals surface area contributed by atoms with Crippen molar-refractivity contribution in [3.8, 4) is 0 Å². The van der Waals surface area contributed by atoms with E-state index in [1.807, 2.05) is 4.57 Å². The minimum Gasteiger partial charge on any atom is -0.413 e. The number of nitrogens with zero attached hydrogens (tertiary/aromatic N) is 3. The molecule has 1 fully saturated rings. The maximum atomic E-state index is 12.9. The minimum absolute atomic E-state index is 0.0982. The number of ether oxygens (including phenoxy) is 1. The normalized spacial score (nSPS) is 20.2. The van der Waals surface area contributed by atoms with E-state index in [0.717, 1.165) is 0 Å². The molecule has 10 nitrogen and oxygen atoms in total. The summed E-state index contributed by atoms with van der Waals surface area (Å²) in [5.74, 6) is -0.392. The van der Waals surface area contributed by atoms with Gasteiger partial charge in [-0.3, -0.25) is 24.5 Å². The van der Waals surface area contributed by atoms with Crippen LogP contribution in [0.15, 0.2) is 11.1 Å². The Morgan fingerprint density at radius 2 is 1.45 bits per heavy atom. The third-order valence-electron chi connectivity index (χ3n) is 9.96. The van der Waals surface area contributed by atoms with Gasteiger partial charge in [-0.05, 0) is 33.2 Å². The molecule has 0 aliphatic carbocycles. The van der Waals surface area contributed by atoms with Crippen LogP contribution in [0.5, 0.6) is 0 Å². The molecule has 1 amide bonds. The van der Waals surface area contributed by atoms with Gasteiger partial charge in [-0.25, -0.2) is 4.98 Å². The van der Waals surface area contributed by atoms with Crippen molar-refractivity contribution in [3.05, 3.63) is 16.7 Å². The topological polar surface area (TPSA) is 120 Å². The maximum absolute atomic E-state index is 12.9. The highest BCUT2D eigenvalue weighted by molar-refractivity contribution is 6.78. The van der Waals surface area contributed by atoms with Crippen molar-refractivity contribution in [2.75, 3.05) is 11.9 Å². The SMILES string of the molecule is CC(C)C(=O)Nc1nc2c(ncn2[C@H]2C[C@H](O[Si](C(C)C)(C(C)C)C(C)C)[C@@H](CO[Si](C(C)C)(C(C)C)C(C)C)O2)c(=O)[nH]1. The van der Waals surface area contributed by atoms with Gasteiger partial charge in [0.25, 0.3) is 5.56 Å². The van der Waals surface area contributed by atoms with E-state index in [-0.39, 0.29) is 35.5 Å². The van der Waals surface area contributed by atoms with Crippen LogP contribution in [0.25, 0.3) is 11.2 Å². The molecule has 2 aromatic rings. The van der Waals surface area contributed by atoms with Gasteiger partial charge in [-0.2, -0.15) is 4.98 Å². The van der Waals surface area contributed by atoms with Crippen LogP contribution in [0, 0.1) is 5.92 Å². The molecule has 2 aromatic heterocycles. The number of anilines is 1. The highest BCUT2D eigenvalue weighted by atomic mass is 28.4. The molecule has 0 saturated carbocycles. The first-order valence-corrected chi connectivity index (χ1v) is 20.9. The number of amides is 1. The van der Waals surface area contributed by atoms with Gasteiger partial charge >= 0.3 is 0 Å². The lowest BCUT2D eigenvalue weighted by Crippen LogP contribution is -2.53. The molecule has 12 heteroatoms. The molecular weight excluding hydrogens is 591 g/mol. The van der Waals surface area contributed by atoms with Gasteiger partial charge in [-0.1, -0.05) is 96.9 Å². The number of fused-ring (bicyclic) bond motifs is 1. The molecule has 1 aliphatic heterocycles. The maximum Gasteiger partial charge on any atom is 0.280 e. The van der Waals surface area contributed by atoms with E-state index >= 15 is 0 Å². The minimum atomic E-state index is -2.26. The number of carbonyl (C=O) groups excluding carboxylic acids is 1. The first-order valence-electron chi connectivity index (χ1n) is 16.6. The van der Waals surface area contributed by atoms with Crippen molar-refractivity contribution in [2.24, 2.45) is 5.92 Å². The molecule has 2 N–H and O–H groups in total. The largest absolute Gasteiger partial charge is 0.413 e. The average Bonchev–Trinajstić information content (AvgIpc) is 3.50. The van der Waals surface area contributed by atoms with Gasteiger partial charge in [0.2, 0.25) is 20.2 Å². The third-order valence-corrected chi connectivity index (χ3v) is 22.2. The molecule has 0 bridgehead atoms. The summed E-state index contributed by atoms with van der Waals surface area (Å²) in [6.07, 6.45) is 1.27. The zero-order valence-electron chi connectivity index (χ0n) is 29.6. The van der Waals surface area contributed by atoms with Crippen molar-refractivity contribution in [1.82, 2.24) is 19.5 Å². The smallest absolute Gasteiger partial charge is 0.280 e. The van der Waals surface area contributed by atoms with Crippen molar-refractivity contribution in [3.63, 3.8) is 0 Å². The summed E-state index contributed by atoms with van der Waals surface area (Å²) in [5.41, 5.74) is 2.75. The fraction of sp³-hybridized carbons (Fsp3) is 0.812. The van der Waals surface area contributed by atoms with E-state index in [1.165, 1.54) is 0 Å². The summed E-state index contributed by atoms with van der Waals surface area (Å²) >= 11 is 0. The van der Waals surface area contributed by atoms with E-state index < -0.39 is 28.4 Å². The van der Waals surface area contributed by atoms with E-state index in [2.05, 4.69) is 103 Å². The number of rotatable bonds is 14. The van der Waals surface area contributed by atoms with Crippen molar-refractivity contribution < 1.29 is 18.4 Å². The molecule has 1 aliphatic rings. The van der Waals surface area contributed by atoms with Crippen LogP contribution in [-0.2, 0) is 18.4 Å². The second kappa shape index (κ2) is 14.3. The first kappa shape index (κ1) is 36.6. The summed E-state index contributed by atoms with van der Waals surface area (Å²) < 4.78 is 23.1. The highest BCUT2D eigenvalue weighted by Crippen LogP contribution is 2.47. The number of nitrogens with one attached hydrogen (secondary N) is 2. The number of imidazole rings is 1. The lowest BCUT2D eigenvalue weighted by atomic mass is 10.2. The Morgan fingerprint density at radius 1 is 0.932 bits per heavy atom. The van der Waals surface area contributed by atoms with Gasteiger partial charge in [0.05, 0.1) is 19.0 Å². The molecule has 44 heavy (non-hydrogen) atoms. The molecule has 3 rings (SSSR count). The second-order valence-corrected chi connectivity index (χ2v) is 25.7. The Balaban J connectivity index is 2.06. The number of aromatic nitrogens is 4. The average molecular weight is 650 g/mol. The van der Waals surface area contributed by atoms with Crippen molar-refractivity contribution in [1.29, 1.82) is 0 Å². The van der Waals surface area contributed by atoms with E-state index in [0.29, 0.717) is 51.9 Å². The Labute approximate surface area is 266 Å². The molecule has 250 valence electrons. The zero-order chi connectivity index (χ0) is 33.3. The molecule has 0 aromatic carbocycles. The van der Waals surface area contributed by atoms with E-state index in [9.17, 15) is 9.59 Å². The fourth-order valence-corrected chi connectivity index (χ4v) is 19.0. The molecule has 1 saturated heterocycles. The number of H-pyrrole nitrogens is 1. The molecule has 0 unspecified atom stereocenters. The molecule has 0 spiro atoms. The standard InChI is InChI=1S/C32H59N5O5Si2/c1-18(2)30(38)35-32-34-29-28(31(39)36-32)33-17-37(29)27-15-25(42-44(22(9)10,23(11)12)24(13)14)26(41-27)16-40-43(19(3)4,20(5)6)21(7)8/h17-27H,15-16H2,1-14H3,(H2,34,35,36,38,39)/t25-,26+,27+/m0/s1. The summed E-state index contributed by atoms with van der Waals surface area (Å²) in [6.45, 7) is 31.6. The lowest BCUT2D eigenvalue weighted by Gasteiger charge is -2.45. The van der Waals surface area contributed by atoms with Crippen LogP contribution < -0.4 is 10.9 Å². The summed E-state index contributed by atoms with van der Waals surface area (Å²) in [4.78, 5) is 36.9. The Morgan fingerprint density at radius 3 is 1.93 bits per heavy atom. The molecule has 0 radical (unpaired) electrons. The second-order valence-electron chi connectivity index (χ2n) is 14.9. The Hall–Kier alpha value is -1.87. The van der Waals surface area contributed by atoms with E-state index in [4.69, 9.17) is 13.6 Å². The van der Waals surface area contributed by atoms with Crippen LogP contribution in [0.2, 0.25) is 33.2 Å². The quantitative estimate of drug-likeness (QED) is 0.201. The monoisotopic (exact) mass is 649 g/mol. The fourth-order valence-electron chi connectivity index (χ4n) is 8.00. The third kappa shape index (κ3) is 6.94. The molecular formula is C32H59N5O5Si2. The summed E-state index contributed by atoms with van der Waals surface area (Å²) in [5, 5.41) is 2.71. The number of aromatic amines is 1. The predicted octanol–water partition coefficient (Wildman–Crippen LogP) is 7.75. The van der Waals surface area contributed by atoms with Crippen LogP contribution in [0.1, 0.15) is 110 Å². The summed E-state index contributed by atoms with van der Waals surface area (Å²) in [7, 11) is -4.42. The Bertz CT molecular complexity index is 1280. The number of carbonyl (C=O) groups is 1. The van der Waals surface area contributed by atoms with Gasteiger partial charge in [0.1, 0.15) is 12.3 Å². The lowest BCUT2D eigenvalue weighted by molar-refractivity contribution is -0.118. The van der Waals surface area contributed by atoms with Crippen LogP contribution in [0.4, 0.5) is 5.95 Å². The van der Waals surface area contributed by atoms with Crippen LogP contribution in [0.3, 0.4) is 0 Å². The zero-order valence-corrected chi connectivity index (χ0v) is 31.6. The van der Waals surface area contributed by atoms with Gasteiger partial charge < -0.3 is 13.6 Å². The highest BCUT2D eigenvalue weighted by Gasteiger charge is 2.52. The van der Waals surface area contributed by atoms with Crippen molar-refractivity contribution >= 4 is 39.7 Å². The molecule has 3 atom stereocenters. The molecule has 3 heterocycles. The van der Waals surface area contributed by atoms with Gasteiger partial charge in [0, 0.05) is 12.3 Å². The number of hydrogen-bond donors (Lipinski definition) is 2. The van der Waals surface area contributed by atoms with Crippen LogP contribution >= 0.6 is 0 Å². The summed E-state index contributed by atoms with van der Waals surface area (Å²) in [6, 6.07) is 0. The predicted molar refractivity (Wildman–Crippen MR) is 183 cm³/mol. The van der Waals surface area contributed by atoms with E-state index in [1.54, 1.807) is 20.2 Å². The first-order chi connectivity index (χ1) is 20.4. The van der Waals surface area contributed by atoms with Crippen LogP contribution in [-0.4, -0.2) is 60.9 Å². The number of hydrogen-bond acceptors (Lipinski definition) is 7. The van der Waals surface area contributed by atoms with Gasteiger partial charge in [-0.15, -0.1) is 0 Å². The Kier molecular flexibility index (Phi) is 11.9. The van der Waals surface area contributed by atoms with Crippen molar-refractivity contribution in [2.45, 2.75) is 155 Å².